The zero-order valence-electron chi connectivity index (χ0n) is 9.32. The molecule has 2 rings (SSSR count). The van der Waals surface area contributed by atoms with E-state index in [2.05, 4.69) is 11.1 Å². The Bertz CT molecular complexity index is 633. The van der Waals surface area contributed by atoms with Gasteiger partial charge in [0, 0.05) is 16.8 Å². The molecule has 2 N–H and O–H groups in total. The molecule has 0 saturated heterocycles. The summed E-state index contributed by atoms with van der Waals surface area (Å²) in [4.78, 5) is 4.25. The number of pyridine rings is 1. The molecular weight excluding hydrogens is 269 g/mol. The summed E-state index contributed by atoms with van der Waals surface area (Å²) in [6.45, 7) is 0. The summed E-state index contributed by atoms with van der Waals surface area (Å²) in [6.07, 6.45) is 1.91. The molecule has 1 aromatic heterocycles. The Morgan fingerprint density at radius 2 is 2.06 bits per heavy atom. The zero-order chi connectivity index (χ0) is 13.1. The zero-order valence-corrected chi connectivity index (χ0v) is 10.8. The summed E-state index contributed by atoms with van der Waals surface area (Å²) in [5, 5.41) is 9.67. The van der Waals surface area contributed by atoms with Crippen LogP contribution in [-0.4, -0.2) is 4.98 Å². The number of hydrogen-bond acceptors (Lipinski definition) is 3. The lowest BCUT2D eigenvalue weighted by atomic mass is 10.1. The average Bonchev–Trinajstić information content (AvgIpc) is 2.31. The molecule has 0 radical (unpaired) electrons. The summed E-state index contributed by atoms with van der Waals surface area (Å²) >= 11 is 11.9. The van der Waals surface area contributed by atoms with Crippen LogP contribution in [0.15, 0.2) is 30.5 Å². The minimum atomic E-state index is 0.284. The largest absolute Gasteiger partial charge is 0.397 e. The topological polar surface area (TPSA) is 62.7 Å². The van der Waals surface area contributed by atoms with Gasteiger partial charge in [-0.3, -0.25) is 4.98 Å². The molecule has 90 valence electrons. The van der Waals surface area contributed by atoms with Crippen LogP contribution in [-0.2, 0) is 6.42 Å². The Morgan fingerprint density at radius 1 is 1.28 bits per heavy atom. The SMILES string of the molecule is N#CCc1cnc(-c2ccc(Cl)cc2Cl)c(N)c1. The number of benzene rings is 1. The van der Waals surface area contributed by atoms with Gasteiger partial charge in [0.05, 0.1) is 28.9 Å². The van der Waals surface area contributed by atoms with Crippen molar-refractivity contribution in [3.05, 3.63) is 46.1 Å². The summed E-state index contributed by atoms with van der Waals surface area (Å²) < 4.78 is 0. The van der Waals surface area contributed by atoms with E-state index in [-0.39, 0.29) is 6.42 Å². The van der Waals surface area contributed by atoms with E-state index in [1.165, 1.54) is 0 Å². The third-order valence-electron chi connectivity index (χ3n) is 2.44. The number of rotatable bonds is 2. The Balaban J connectivity index is 2.48. The predicted molar refractivity (Wildman–Crippen MR) is 73.4 cm³/mol. The number of nitrogens with zero attached hydrogens (tertiary/aromatic N) is 2. The maximum atomic E-state index is 8.62. The van der Waals surface area contributed by atoms with Crippen molar-refractivity contribution in [3.63, 3.8) is 0 Å². The molecule has 1 heterocycles. The first-order chi connectivity index (χ1) is 8.61. The molecule has 0 amide bonds. The number of anilines is 1. The van der Waals surface area contributed by atoms with E-state index in [1.54, 1.807) is 30.5 Å². The first kappa shape index (κ1) is 12.7. The van der Waals surface area contributed by atoms with Crippen LogP contribution in [0.3, 0.4) is 0 Å². The van der Waals surface area contributed by atoms with Crippen molar-refractivity contribution < 1.29 is 0 Å². The lowest BCUT2D eigenvalue weighted by Gasteiger charge is -2.08. The van der Waals surface area contributed by atoms with Crippen LogP contribution in [0.5, 0.6) is 0 Å². The first-order valence-electron chi connectivity index (χ1n) is 5.18. The lowest BCUT2D eigenvalue weighted by Crippen LogP contribution is -1.96. The Labute approximate surface area is 115 Å². The van der Waals surface area contributed by atoms with Gasteiger partial charge in [-0.1, -0.05) is 23.2 Å². The molecule has 2 aromatic rings. The fraction of sp³-hybridized carbons (Fsp3) is 0.0769. The second-order valence-electron chi connectivity index (χ2n) is 3.74. The van der Waals surface area contributed by atoms with Crippen molar-refractivity contribution in [2.24, 2.45) is 0 Å². The van der Waals surface area contributed by atoms with Crippen LogP contribution in [0.2, 0.25) is 10.0 Å². The first-order valence-corrected chi connectivity index (χ1v) is 5.94. The number of nitrogens with two attached hydrogens (primary N) is 1. The quantitative estimate of drug-likeness (QED) is 0.910. The maximum Gasteiger partial charge on any atom is 0.0946 e. The summed E-state index contributed by atoms with van der Waals surface area (Å²) in [5.41, 5.74) is 8.52. The molecule has 18 heavy (non-hydrogen) atoms. The van der Waals surface area contributed by atoms with Gasteiger partial charge in [0.15, 0.2) is 0 Å². The fourth-order valence-corrected chi connectivity index (χ4v) is 2.12. The van der Waals surface area contributed by atoms with E-state index in [4.69, 9.17) is 34.2 Å². The van der Waals surface area contributed by atoms with Gasteiger partial charge < -0.3 is 5.73 Å². The van der Waals surface area contributed by atoms with Gasteiger partial charge in [-0.2, -0.15) is 5.26 Å². The summed E-state index contributed by atoms with van der Waals surface area (Å²) in [5.74, 6) is 0. The molecule has 3 nitrogen and oxygen atoms in total. The molecule has 0 aliphatic rings. The molecule has 0 spiro atoms. The van der Waals surface area contributed by atoms with Crippen LogP contribution in [0.4, 0.5) is 5.69 Å². The normalized spacial score (nSPS) is 10.1. The van der Waals surface area contributed by atoms with Crippen LogP contribution >= 0.6 is 23.2 Å². The van der Waals surface area contributed by atoms with Crippen molar-refractivity contribution in [1.82, 2.24) is 4.98 Å². The fourth-order valence-electron chi connectivity index (χ4n) is 1.62. The van der Waals surface area contributed by atoms with Gasteiger partial charge in [0.1, 0.15) is 0 Å². The van der Waals surface area contributed by atoms with E-state index in [1.807, 2.05) is 0 Å². The monoisotopic (exact) mass is 277 g/mol. The molecule has 0 aliphatic heterocycles. The average molecular weight is 278 g/mol. The highest BCUT2D eigenvalue weighted by Crippen LogP contribution is 2.32. The van der Waals surface area contributed by atoms with E-state index >= 15 is 0 Å². The van der Waals surface area contributed by atoms with Crippen molar-refractivity contribution in [2.45, 2.75) is 6.42 Å². The molecule has 0 unspecified atom stereocenters. The molecular formula is C13H9Cl2N3. The van der Waals surface area contributed by atoms with Crippen LogP contribution < -0.4 is 5.73 Å². The summed E-state index contributed by atoms with van der Waals surface area (Å²) in [7, 11) is 0. The highest BCUT2D eigenvalue weighted by atomic mass is 35.5. The number of nitrogen functional groups attached to an aromatic ring is 1. The maximum absolute atomic E-state index is 8.62. The van der Waals surface area contributed by atoms with Crippen molar-refractivity contribution in [2.75, 3.05) is 5.73 Å². The molecule has 5 heteroatoms. The van der Waals surface area contributed by atoms with E-state index in [0.717, 1.165) is 11.1 Å². The van der Waals surface area contributed by atoms with Crippen molar-refractivity contribution >= 4 is 28.9 Å². The number of halogens is 2. The number of hydrogen-bond donors (Lipinski definition) is 1. The Kier molecular flexibility index (Phi) is 3.71. The van der Waals surface area contributed by atoms with Gasteiger partial charge in [-0.25, -0.2) is 0 Å². The number of nitriles is 1. The molecule has 0 aliphatic carbocycles. The molecule has 1 aromatic carbocycles. The third kappa shape index (κ3) is 2.56. The Morgan fingerprint density at radius 3 is 2.67 bits per heavy atom. The highest BCUT2D eigenvalue weighted by molar-refractivity contribution is 6.36. The molecule has 0 bridgehead atoms. The van der Waals surface area contributed by atoms with Crippen LogP contribution in [0, 0.1) is 11.3 Å². The number of aromatic nitrogens is 1. The standard InChI is InChI=1S/C13H9Cl2N3/c14-9-1-2-10(11(15)6-9)13-12(17)5-8(3-4-16)7-18-13/h1-2,5-7H,3,17H2. The molecule has 0 fully saturated rings. The molecule has 0 atom stereocenters. The second-order valence-corrected chi connectivity index (χ2v) is 4.58. The minimum Gasteiger partial charge on any atom is -0.397 e. The van der Waals surface area contributed by atoms with E-state index in [0.29, 0.717) is 21.4 Å². The van der Waals surface area contributed by atoms with Crippen molar-refractivity contribution in [3.8, 4) is 17.3 Å². The Hall–Kier alpha value is -1.76. The van der Waals surface area contributed by atoms with Crippen LogP contribution in [0.25, 0.3) is 11.3 Å². The smallest absolute Gasteiger partial charge is 0.0946 e. The molecule has 0 saturated carbocycles. The van der Waals surface area contributed by atoms with E-state index < -0.39 is 0 Å². The second kappa shape index (κ2) is 5.26. The van der Waals surface area contributed by atoms with Crippen molar-refractivity contribution in [1.29, 1.82) is 5.26 Å². The van der Waals surface area contributed by atoms with Crippen LogP contribution in [0.1, 0.15) is 5.56 Å². The lowest BCUT2D eigenvalue weighted by molar-refractivity contribution is 1.20. The third-order valence-corrected chi connectivity index (χ3v) is 2.99. The van der Waals surface area contributed by atoms with E-state index in [9.17, 15) is 0 Å². The minimum absolute atomic E-state index is 0.284. The summed E-state index contributed by atoms with van der Waals surface area (Å²) in [6, 6.07) is 8.92. The predicted octanol–water partition coefficient (Wildman–Crippen LogP) is 3.70. The highest BCUT2D eigenvalue weighted by Gasteiger charge is 2.09. The van der Waals surface area contributed by atoms with Gasteiger partial charge in [0.25, 0.3) is 0 Å². The van der Waals surface area contributed by atoms with Gasteiger partial charge in [-0.15, -0.1) is 0 Å². The van der Waals surface area contributed by atoms with Gasteiger partial charge in [-0.05, 0) is 29.8 Å². The van der Waals surface area contributed by atoms with Gasteiger partial charge in [0.2, 0.25) is 0 Å². The van der Waals surface area contributed by atoms with Gasteiger partial charge >= 0.3 is 0 Å².